The average molecular weight is 426 g/mol. The highest BCUT2D eigenvalue weighted by Gasteiger charge is 2.47. The Labute approximate surface area is 179 Å². The predicted molar refractivity (Wildman–Crippen MR) is 118 cm³/mol. The van der Waals surface area contributed by atoms with Crippen molar-refractivity contribution in [2.24, 2.45) is 29.6 Å². The van der Waals surface area contributed by atoms with E-state index in [4.69, 9.17) is 0 Å². The van der Waals surface area contributed by atoms with Crippen molar-refractivity contribution in [1.29, 1.82) is 0 Å². The van der Waals surface area contributed by atoms with Crippen molar-refractivity contribution in [1.82, 2.24) is 9.71 Å². The van der Waals surface area contributed by atoms with Gasteiger partial charge in [-0.05, 0) is 111 Å². The Morgan fingerprint density at radius 2 is 1.63 bits per heavy atom. The number of hydrogen-bond donors (Lipinski definition) is 2. The third-order valence-electron chi connectivity index (χ3n) is 7.77. The van der Waals surface area contributed by atoms with Crippen LogP contribution in [0.5, 0.6) is 0 Å². The monoisotopic (exact) mass is 425 g/mol. The molecular weight excluding hydrogens is 394 g/mol. The number of rotatable bonds is 7. The second-order valence-corrected chi connectivity index (χ2v) is 11.4. The molecule has 0 radical (unpaired) electrons. The first-order valence-electron chi connectivity index (χ1n) is 11.2. The maximum Gasteiger partial charge on any atom is 0.240 e. The molecule has 30 heavy (non-hydrogen) atoms. The van der Waals surface area contributed by atoms with Crippen molar-refractivity contribution in [3.63, 3.8) is 0 Å². The second kappa shape index (κ2) is 7.97. The van der Waals surface area contributed by atoms with E-state index in [-0.39, 0.29) is 0 Å². The molecule has 1 aromatic heterocycles. The topological polar surface area (TPSA) is 71.1 Å². The van der Waals surface area contributed by atoms with Crippen molar-refractivity contribution in [3.05, 3.63) is 53.9 Å². The fourth-order valence-corrected chi connectivity index (χ4v) is 7.26. The molecule has 6 heteroatoms. The summed E-state index contributed by atoms with van der Waals surface area (Å²) in [7, 11) is -2.01. The van der Waals surface area contributed by atoms with Gasteiger partial charge in [0, 0.05) is 24.6 Å². The highest BCUT2D eigenvalue weighted by molar-refractivity contribution is 7.89. The maximum atomic E-state index is 12.4. The van der Waals surface area contributed by atoms with Crippen LogP contribution in [0.1, 0.15) is 43.2 Å². The summed E-state index contributed by atoms with van der Waals surface area (Å²) in [4.78, 5) is 4.40. The zero-order chi connectivity index (χ0) is 20.7. The van der Waals surface area contributed by atoms with Crippen molar-refractivity contribution >= 4 is 15.7 Å². The molecule has 2 N–H and O–H groups in total. The lowest BCUT2D eigenvalue weighted by Crippen LogP contribution is -2.45. The fraction of sp³-hybridized carbons (Fsp3) is 0.542. The van der Waals surface area contributed by atoms with Gasteiger partial charge < -0.3 is 5.32 Å². The number of benzene rings is 1. The number of anilines is 1. The van der Waals surface area contributed by atoms with E-state index >= 15 is 0 Å². The number of hydrogen-bond acceptors (Lipinski definition) is 4. The molecule has 0 spiro atoms. The summed E-state index contributed by atoms with van der Waals surface area (Å²) in [5.74, 6) is 4.39. The third-order valence-corrected chi connectivity index (χ3v) is 9.18. The molecule has 4 bridgehead atoms. The van der Waals surface area contributed by atoms with E-state index in [2.05, 4.69) is 15.0 Å². The molecule has 0 saturated heterocycles. The van der Waals surface area contributed by atoms with Crippen LogP contribution in [-0.4, -0.2) is 20.4 Å². The predicted octanol–water partition coefficient (Wildman–Crippen LogP) is 4.22. The molecule has 6 rings (SSSR count). The van der Waals surface area contributed by atoms with Crippen molar-refractivity contribution < 1.29 is 8.42 Å². The highest BCUT2D eigenvalue weighted by Crippen LogP contribution is 2.57. The first kappa shape index (κ1) is 20.0. The summed E-state index contributed by atoms with van der Waals surface area (Å²) in [6, 6.07) is 9.56. The van der Waals surface area contributed by atoms with E-state index in [1.54, 1.807) is 24.5 Å². The molecule has 160 valence electrons. The Balaban J connectivity index is 1.41. The minimum Gasteiger partial charge on any atom is -0.381 e. The smallest absolute Gasteiger partial charge is 0.240 e. The van der Waals surface area contributed by atoms with Crippen LogP contribution in [0.25, 0.3) is 0 Å². The van der Waals surface area contributed by atoms with Crippen LogP contribution in [0.4, 0.5) is 5.69 Å². The van der Waals surface area contributed by atoms with Gasteiger partial charge in [0.1, 0.15) is 0 Å². The van der Waals surface area contributed by atoms with E-state index in [9.17, 15) is 8.42 Å². The molecule has 1 heterocycles. The van der Waals surface area contributed by atoms with Crippen LogP contribution < -0.4 is 10.0 Å². The van der Waals surface area contributed by atoms with Gasteiger partial charge in [-0.3, -0.25) is 4.98 Å². The lowest BCUT2D eigenvalue weighted by molar-refractivity contribution is -0.0359. The SMILES string of the molecule is CNS(=O)(=O)c1ccc(CC2C3CC4CC(C3)CC2C4)c(NCc2ccncc2)c1. The van der Waals surface area contributed by atoms with Gasteiger partial charge in [-0.1, -0.05) is 6.07 Å². The van der Waals surface area contributed by atoms with Gasteiger partial charge >= 0.3 is 0 Å². The molecule has 4 saturated carbocycles. The Hall–Kier alpha value is -1.92. The minimum absolute atomic E-state index is 0.316. The number of aromatic nitrogens is 1. The minimum atomic E-state index is -3.47. The van der Waals surface area contributed by atoms with Crippen molar-refractivity contribution in [2.75, 3.05) is 12.4 Å². The summed E-state index contributed by atoms with van der Waals surface area (Å²) in [5.41, 5.74) is 3.32. The van der Waals surface area contributed by atoms with Crippen LogP contribution in [0.15, 0.2) is 47.6 Å². The van der Waals surface area contributed by atoms with Crippen LogP contribution in [0, 0.1) is 29.6 Å². The number of nitrogens with one attached hydrogen (secondary N) is 2. The van der Waals surface area contributed by atoms with Gasteiger partial charge in [0.05, 0.1) is 4.90 Å². The molecule has 5 nitrogen and oxygen atoms in total. The summed E-state index contributed by atoms with van der Waals surface area (Å²) in [5, 5.41) is 3.52. The van der Waals surface area contributed by atoms with Gasteiger partial charge in [-0.2, -0.15) is 0 Å². The van der Waals surface area contributed by atoms with E-state index < -0.39 is 10.0 Å². The number of sulfonamides is 1. The number of nitrogens with zero attached hydrogens (tertiary/aromatic N) is 1. The summed E-state index contributed by atoms with van der Waals surface area (Å²) < 4.78 is 27.2. The molecule has 2 aromatic rings. The molecule has 4 aliphatic rings. The molecular formula is C24H31N3O2S. The molecule has 0 unspecified atom stereocenters. The Morgan fingerprint density at radius 1 is 0.967 bits per heavy atom. The van der Waals surface area contributed by atoms with Gasteiger partial charge in [-0.25, -0.2) is 13.1 Å². The standard InChI is InChI=1S/C24H31N3O2S/c1-25-30(28,29)22-3-2-19(24(14-22)27-15-16-4-6-26-7-5-16)13-23-20-9-17-8-18(11-20)12-21(23)10-17/h2-7,14,17-18,20-21,23,25,27H,8-13,15H2,1H3. The zero-order valence-corrected chi connectivity index (χ0v) is 18.4. The zero-order valence-electron chi connectivity index (χ0n) is 17.5. The second-order valence-electron chi connectivity index (χ2n) is 9.53. The largest absolute Gasteiger partial charge is 0.381 e. The quantitative estimate of drug-likeness (QED) is 0.697. The maximum absolute atomic E-state index is 12.4. The summed E-state index contributed by atoms with van der Waals surface area (Å²) in [6.45, 7) is 0.653. The summed E-state index contributed by atoms with van der Waals surface area (Å²) >= 11 is 0. The van der Waals surface area contributed by atoms with Gasteiger partial charge in [0.15, 0.2) is 0 Å². The van der Waals surface area contributed by atoms with Gasteiger partial charge in [0.25, 0.3) is 0 Å². The number of pyridine rings is 1. The van der Waals surface area contributed by atoms with Crippen LogP contribution in [0.2, 0.25) is 0 Å². The Morgan fingerprint density at radius 3 is 2.27 bits per heavy atom. The molecule has 0 amide bonds. The molecule has 0 aliphatic heterocycles. The molecule has 1 aromatic carbocycles. The first-order chi connectivity index (χ1) is 14.5. The van der Waals surface area contributed by atoms with Crippen LogP contribution >= 0.6 is 0 Å². The van der Waals surface area contributed by atoms with Crippen LogP contribution in [0.3, 0.4) is 0 Å². The van der Waals surface area contributed by atoms with E-state index in [1.807, 2.05) is 18.2 Å². The van der Waals surface area contributed by atoms with Crippen molar-refractivity contribution in [2.45, 2.75) is 50.0 Å². The van der Waals surface area contributed by atoms with E-state index in [0.717, 1.165) is 47.3 Å². The average Bonchev–Trinajstić information content (AvgIpc) is 2.75. The Kier molecular flexibility index (Phi) is 5.31. The third kappa shape index (κ3) is 3.87. The molecule has 4 aliphatic carbocycles. The van der Waals surface area contributed by atoms with Gasteiger partial charge in [0.2, 0.25) is 10.0 Å². The normalized spacial score (nSPS) is 29.8. The van der Waals surface area contributed by atoms with Crippen LogP contribution in [-0.2, 0) is 23.0 Å². The van der Waals surface area contributed by atoms with E-state index in [1.165, 1.54) is 44.7 Å². The van der Waals surface area contributed by atoms with E-state index in [0.29, 0.717) is 11.4 Å². The highest BCUT2D eigenvalue weighted by atomic mass is 32.2. The Bertz CT molecular complexity index is 978. The van der Waals surface area contributed by atoms with Crippen molar-refractivity contribution in [3.8, 4) is 0 Å². The van der Waals surface area contributed by atoms with Gasteiger partial charge in [-0.15, -0.1) is 0 Å². The molecule has 4 fully saturated rings. The fourth-order valence-electron chi connectivity index (χ4n) is 6.51. The first-order valence-corrected chi connectivity index (χ1v) is 12.7. The lowest BCUT2D eigenvalue weighted by Gasteiger charge is -2.54. The summed E-state index contributed by atoms with van der Waals surface area (Å²) in [6.07, 6.45) is 11.7. The molecule has 0 atom stereocenters. The lowest BCUT2D eigenvalue weighted by atomic mass is 9.51.